The zero-order valence-corrected chi connectivity index (χ0v) is 33.8. The van der Waals surface area contributed by atoms with Crippen LogP contribution in [0, 0.1) is 0 Å². The molecule has 3 rings (SSSR count). The second-order valence-electron chi connectivity index (χ2n) is 9.97. The number of rotatable bonds is 22. The number of ether oxygens (including phenoxy) is 6. The maximum Gasteiger partial charge on any atom is 0.330 e. The van der Waals surface area contributed by atoms with Crippen LogP contribution in [0.15, 0.2) is 103 Å². The maximum absolute atomic E-state index is 12.2. The molecular weight excluding hydrogens is 753 g/mol. The third-order valence-corrected chi connectivity index (χ3v) is 11.1. The first kappa shape index (κ1) is 41.8. The zero-order chi connectivity index (χ0) is 36.5. The van der Waals surface area contributed by atoms with Gasteiger partial charge in [-0.3, -0.25) is 0 Å². The highest BCUT2D eigenvalue weighted by atomic mass is 32.2. The lowest BCUT2D eigenvalue weighted by Gasteiger charge is -2.22. The molecular formula is C36H42O8S6. The second-order valence-corrected chi connectivity index (χ2v) is 15.1. The first-order chi connectivity index (χ1) is 24.2. The van der Waals surface area contributed by atoms with Crippen LogP contribution in [0.25, 0.3) is 0 Å². The van der Waals surface area contributed by atoms with Gasteiger partial charge < -0.3 is 28.4 Å². The Kier molecular flexibility index (Phi) is 18.7. The van der Waals surface area contributed by atoms with Crippen LogP contribution in [0.1, 0.15) is 0 Å². The summed E-state index contributed by atoms with van der Waals surface area (Å²) in [7, 11) is 0. The van der Waals surface area contributed by atoms with Crippen LogP contribution in [0.4, 0.5) is 0 Å². The van der Waals surface area contributed by atoms with Gasteiger partial charge >= 0.3 is 11.9 Å². The van der Waals surface area contributed by atoms with Crippen LogP contribution >= 0.6 is 70.6 Å². The van der Waals surface area contributed by atoms with Crippen LogP contribution in [0.5, 0.6) is 23.0 Å². The van der Waals surface area contributed by atoms with Gasteiger partial charge in [-0.25, -0.2) is 9.59 Å². The summed E-state index contributed by atoms with van der Waals surface area (Å²) in [5.41, 5.74) is 0. The predicted molar refractivity (Wildman–Crippen MR) is 212 cm³/mol. The standard InChI is InChI=1S/C36H42O8S6/c1-9-33(37)43-25(21-41-35-29(47-5)15-27(45-3)16-30(35)48-6)19-39-23-12-11-13-24(14-23)40-20-26(44-34(38)10-2)22-42-36-31(49-7)17-28(46-4)18-32(36)50-8/h9-18,25-26H,1-2,19-22H2,3-8H3. The van der Waals surface area contributed by atoms with Gasteiger partial charge in [0.2, 0.25) is 0 Å². The van der Waals surface area contributed by atoms with Crippen LogP contribution in [-0.2, 0) is 19.1 Å². The molecule has 2 unspecified atom stereocenters. The van der Waals surface area contributed by atoms with E-state index in [1.54, 1.807) is 94.8 Å². The molecule has 0 aliphatic carbocycles. The van der Waals surface area contributed by atoms with Crippen LogP contribution in [0.2, 0.25) is 0 Å². The minimum atomic E-state index is -0.725. The summed E-state index contributed by atoms with van der Waals surface area (Å²) in [5, 5.41) is 0. The zero-order valence-electron chi connectivity index (χ0n) is 28.9. The van der Waals surface area contributed by atoms with E-state index in [0.29, 0.717) is 11.5 Å². The Morgan fingerprint density at radius 1 is 0.560 bits per heavy atom. The molecule has 270 valence electrons. The fraction of sp³-hybridized carbons (Fsp3) is 0.333. The van der Waals surface area contributed by atoms with E-state index in [1.807, 2.05) is 37.5 Å². The Labute approximate surface area is 320 Å². The van der Waals surface area contributed by atoms with Gasteiger partial charge in [-0.15, -0.1) is 70.6 Å². The quantitative estimate of drug-likeness (QED) is 0.0550. The molecule has 8 nitrogen and oxygen atoms in total. The third-order valence-electron chi connectivity index (χ3n) is 6.74. The Morgan fingerprint density at radius 2 is 0.900 bits per heavy atom. The van der Waals surface area contributed by atoms with Gasteiger partial charge in [0.1, 0.15) is 49.4 Å². The molecule has 2 atom stereocenters. The molecule has 14 heteroatoms. The van der Waals surface area contributed by atoms with Crippen molar-refractivity contribution in [2.24, 2.45) is 0 Å². The van der Waals surface area contributed by atoms with E-state index in [-0.39, 0.29) is 26.4 Å². The summed E-state index contributed by atoms with van der Waals surface area (Å²) in [6.07, 6.45) is 12.8. The average molecular weight is 795 g/mol. The molecule has 0 N–H and O–H groups in total. The molecule has 0 aliphatic rings. The lowest BCUT2D eigenvalue weighted by molar-refractivity contribution is -0.147. The maximum atomic E-state index is 12.2. The summed E-state index contributed by atoms with van der Waals surface area (Å²) in [4.78, 5) is 30.6. The summed E-state index contributed by atoms with van der Waals surface area (Å²) < 4.78 is 35.7. The van der Waals surface area contributed by atoms with E-state index >= 15 is 0 Å². The monoisotopic (exact) mass is 794 g/mol. The normalized spacial score (nSPS) is 12.0. The number of carbonyl (C=O) groups excluding carboxylic acids is 2. The first-order valence-electron chi connectivity index (χ1n) is 15.1. The number of hydrogen-bond acceptors (Lipinski definition) is 14. The summed E-state index contributed by atoms with van der Waals surface area (Å²) in [6.45, 7) is 7.22. The van der Waals surface area contributed by atoms with Crippen LogP contribution < -0.4 is 18.9 Å². The minimum Gasteiger partial charge on any atom is -0.489 e. The Morgan fingerprint density at radius 3 is 1.20 bits per heavy atom. The largest absolute Gasteiger partial charge is 0.489 e. The van der Waals surface area contributed by atoms with E-state index < -0.39 is 24.1 Å². The molecule has 0 heterocycles. The summed E-state index contributed by atoms with van der Waals surface area (Å²) in [6, 6.07) is 15.3. The molecule has 0 saturated heterocycles. The predicted octanol–water partition coefficient (Wildman–Crippen LogP) is 9.13. The molecule has 3 aromatic rings. The van der Waals surface area contributed by atoms with Crippen molar-refractivity contribution in [1.29, 1.82) is 0 Å². The molecule has 0 bridgehead atoms. The van der Waals surface area contributed by atoms with Gasteiger partial charge in [0, 0.05) is 28.0 Å². The Balaban J connectivity index is 1.70. The van der Waals surface area contributed by atoms with Crippen molar-refractivity contribution in [2.45, 2.75) is 41.6 Å². The van der Waals surface area contributed by atoms with Gasteiger partial charge in [0.15, 0.2) is 12.2 Å². The van der Waals surface area contributed by atoms with E-state index in [0.717, 1.165) is 53.0 Å². The topological polar surface area (TPSA) is 89.5 Å². The molecule has 0 aromatic heterocycles. The lowest BCUT2D eigenvalue weighted by Crippen LogP contribution is -2.31. The van der Waals surface area contributed by atoms with Crippen molar-refractivity contribution in [3.63, 3.8) is 0 Å². The molecule has 0 amide bonds. The van der Waals surface area contributed by atoms with Crippen molar-refractivity contribution in [3.05, 3.63) is 73.8 Å². The van der Waals surface area contributed by atoms with Crippen molar-refractivity contribution in [2.75, 3.05) is 64.0 Å². The fourth-order valence-electron chi connectivity index (χ4n) is 4.27. The first-order valence-corrected chi connectivity index (χ1v) is 22.4. The highest BCUT2D eigenvalue weighted by molar-refractivity contribution is 8.00. The minimum absolute atomic E-state index is 0.0212. The lowest BCUT2D eigenvalue weighted by atomic mass is 10.3. The molecule has 50 heavy (non-hydrogen) atoms. The van der Waals surface area contributed by atoms with Crippen molar-refractivity contribution in [3.8, 4) is 23.0 Å². The van der Waals surface area contributed by atoms with Crippen LogP contribution in [-0.4, -0.2) is 88.1 Å². The van der Waals surface area contributed by atoms with Crippen molar-refractivity contribution < 1.29 is 38.0 Å². The average Bonchev–Trinajstić information content (AvgIpc) is 3.15. The molecule has 3 aromatic carbocycles. The Hall–Kier alpha value is -2.62. The summed E-state index contributed by atoms with van der Waals surface area (Å²) >= 11 is 9.69. The molecule has 0 radical (unpaired) electrons. The number of carbonyl (C=O) groups is 2. The molecule has 0 spiro atoms. The van der Waals surface area contributed by atoms with Crippen molar-refractivity contribution >= 4 is 82.5 Å². The highest BCUT2D eigenvalue weighted by Gasteiger charge is 2.21. The van der Waals surface area contributed by atoms with E-state index in [2.05, 4.69) is 37.4 Å². The Bertz CT molecular complexity index is 1440. The smallest absolute Gasteiger partial charge is 0.330 e. The molecule has 0 aliphatic heterocycles. The third kappa shape index (κ3) is 12.9. The molecule has 0 fully saturated rings. The highest BCUT2D eigenvalue weighted by Crippen LogP contribution is 2.41. The van der Waals surface area contributed by atoms with Gasteiger partial charge in [-0.05, 0) is 73.9 Å². The van der Waals surface area contributed by atoms with E-state index in [9.17, 15) is 9.59 Å². The van der Waals surface area contributed by atoms with Crippen LogP contribution in [0.3, 0.4) is 0 Å². The fourth-order valence-corrected chi connectivity index (χ4v) is 8.04. The van der Waals surface area contributed by atoms with Gasteiger partial charge in [-0.2, -0.15) is 0 Å². The number of esters is 2. The van der Waals surface area contributed by atoms with Gasteiger partial charge in [-0.1, -0.05) is 19.2 Å². The van der Waals surface area contributed by atoms with Gasteiger partial charge in [0.25, 0.3) is 0 Å². The number of thioether (sulfide) groups is 6. The number of benzene rings is 3. The number of hydrogen-bond donors (Lipinski definition) is 0. The van der Waals surface area contributed by atoms with Crippen molar-refractivity contribution in [1.82, 2.24) is 0 Å². The van der Waals surface area contributed by atoms with Gasteiger partial charge in [0.05, 0.1) is 19.6 Å². The van der Waals surface area contributed by atoms with E-state index in [4.69, 9.17) is 28.4 Å². The second kappa shape index (κ2) is 22.3. The summed E-state index contributed by atoms with van der Waals surface area (Å²) in [5.74, 6) is 1.29. The molecule has 0 saturated carbocycles. The SMILES string of the molecule is C=CC(=O)OC(COc1cccc(OCC(COc2c(SC)cc(SC)cc2SC)OC(=O)C=C)c1)COc1c(SC)cc(SC)cc1SC. The van der Waals surface area contributed by atoms with E-state index in [1.165, 1.54) is 0 Å².